The quantitative estimate of drug-likeness (QED) is 0.0648. The summed E-state index contributed by atoms with van der Waals surface area (Å²) >= 11 is 0. The Hall–Kier alpha value is -1.25. The van der Waals surface area contributed by atoms with Crippen LogP contribution in [-0.2, 0) is 9.47 Å². The normalized spacial score (nSPS) is 31.7. The third-order valence-corrected chi connectivity index (χ3v) is 14.4. The number of carbonyl (C=O) groups excluding carboxylic acids is 1. The van der Waals surface area contributed by atoms with E-state index in [-0.39, 0.29) is 6.10 Å². The molecule has 0 heterocycles. The first-order chi connectivity index (χ1) is 23.7. The molecule has 282 valence electrons. The maximum absolute atomic E-state index is 12.6. The number of fused-ring (bicyclic) bond motifs is 5. The molecule has 0 radical (unpaired) electrons. The average molecular weight is 681 g/mol. The lowest BCUT2D eigenvalue weighted by molar-refractivity contribution is -0.0617. The Bertz CT molecular complexity index is 1010. The summed E-state index contributed by atoms with van der Waals surface area (Å²) in [6, 6.07) is 0. The van der Waals surface area contributed by atoms with Gasteiger partial charge in [0.05, 0.1) is 6.61 Å². The molecule has 0 N–H and O–H groups in total. The fraction of sp³-hybridized carbons (Fsp3) is 0.891. The maximum atomic E-state index is 12.6. The van der Waals surface area contributed by atoms with Gasteiger partial charge in [-0.05, 0) is 123 Å². The molecular weight excluding hydrogens is 601 g/mol. The van der Waals surface area contributed by atoms with Crippen LogP contribution in [0.2, 0.25) is 0 Å². The Morgan fingerprint density at radius 2 is 1.47 bits per heavy atom. The van der Waals surface area contributed by atoms with Crippen molar-refractivity contribution in [2.24, 2.45) is 46.3 Å². The molecule has 0 aromatic rings. The van der Waals surface area contributed by atoms with E-state index in [0.29, 0.717) is 17.4 Å². The van der Waals surface area contributed by atoms with Gasteiger partial charge < -0.3 is 9.47 Å². The summed E-state index contributed by atoms with van der Waals surface area (Å²) in [5.41, 5.74) is 2.42. The van der Waals surface area contributed by atoms with E-state index >= 15 is 0 Å². The lowest BCUT2D eigenvalue weighted by Crippen LogP contribution is -2.51. The van der Waals surface area contributed by atoms with Crippen LogP contribution < -0.4 is 0 Å². The highest BCUT2D eigenvalue weighted by Gasteiger charge is 2.59. The summed E-state index contributed by atoms with van der Waals surface area (Å²) in [6.07, 6.45) is 39.2. The summed E-state index contributed by atoms with van der Waals surface area (Å²) in [5.74, 6) is 5.15. The fourth-order valence-electron chi connectivity index (χ4n) is 11.4. The van der Waals surface area contributed by atoms with Crippen molar-refractivity contribution in [2.45, 2.75) is 208 Å². The molecule has 3 fully saturated rings. The number of unbranched alkanes of at least 4 members (excludes halogenated alkanes) is 12. The van der Waals surface area contributed by atoms with Crippen molar-refractivity contribution in [1.29, 1.82) is 0 Å². The van der Waals surface area contributed by atoms with Crippen molar-refractivity contribution >= 4 is 6.16 Å². The highest BCUT2D eigenvalue weighted by molar-refractivity contribution is 5.60. The molecule has 4 rings (SSSR count). The minimum Gasteiger partial charge on any atom is -0.434 e. The molecule has 49 heavy (non-hydrogen) atoms. The molecule has 4 aliphatic carbocycles. The third-order valence-electron chi connectivity index (χ3n) is 14.4. The van der Waals surface area contributed by atoms with Gasteiger partial charge in [-0.3, -0.25) is 0 Å². The molecule has 0 aromatic heterocycles. The maximum Gasteiger partial charge on any atom is 0.508 e. The Balaban J connectivity index is 1.08. The SMILES string of the molecule is CCCCCCCC/C=C/CCCCCCCCOC(=O)OC1CC[C@@]2(C)C(=CCC3C2CC[C@@]2(C)C3CC[C@@H]2[C@H](C)CCCC(C)C)C1. The number of hydrogen-bond donors (Lipinski definition) is 0. The van der Waals surface area contributed by atoms with E-state index in [1.807, 2.05) is 0 Å². The number of allylic oxidation sites excluding steroid dienone is 3. The molecular formula is C46H80O3. The van der Waals surface area contributed by atoms with Crippen LogP contribution in [0.15, 0.2) is 23.8 Å². The minimum atomic E-state index is -0.441. The molecule has 8 atom stereocenters. The Labute approximate surface area is 304 Å². The highest BCUT2D eigenvalue weighted by atomic mass is 16.7. The summed E-state index contributed by atoms with van der Waals surface area (Å²) in [7, 11) is 0. The molecule has 4 aliphatic rings. The van der Waals surface area contributed by atoms with E-state index < -0.39 is 6.16 Å². The van der Waals surface area contributed by atoms with Crippen LogP contribution in [0.1, 0.15) is 202 Å². The van der Waals surface area contributed by atoms with Gasteiger partial charge in [-0.15, -0.1) is 0 Å². The van der Waals surface area contributed by atoms with Crippen LogP contribution in [0.4, 0.5) is 4.79 Å². The van der Waals surface area contributed by atoms with Gasteiger partial charge in [0.2, 0.25) is 0 Å². The van der Waals surface area contributed by atoms with Crippen molar-refractivity contribution in [2.75, 3.05) is 6.61 Å². The Morgan fingerprint density at radius 3 is 2.16 bits per heavy atom. The lowest BCUT2D eigenvalue weighted by atomic mass is 9.47. The average Bonchev–Trinajstić information content (AvgIpc) is 3.43. The Morgan fingerprint density at radius 1 is 0.796 bits per heavy atom. The molecule has 3 heteroatoms. The number of rotatable bonds is 22. The van der Waals surface area contributed by atoms with Crippen molar-refractivity contribution < 1.29 is 14.3 Å². The summed E-state index contributed by atoms with van der Waals surface area (Å²) in [6.45, 7) is 15.4. The van der Waals surface area contributed by atoms with Gasteiger partial charge in [-0.25, -0.2) is 4.79 Å². The van der Waals surface area contributed by atoms with Gasteiger partial charge in [-0.2, -0.15) is 0 Å². The largest absolute Gasteiger partial charge is 0.508 e. The standard InChI is InChI=1S/C46H80O3/c1-7-8-9-10-11-12-13-14-15-16-17-18-19-20-21-22-34-48-44(47)49-39-30-32-45(5)38(35-39)26-27-40-42-29-28-41(37(4)25-23-24-36(2)3)46(42,6)33-31-43(40)45/h14-15,26,36-37,39-43H,7-13,16-25,27-35H2,1-6H3/b15-14+/t37-,39?,40?,41-,42?,43?,45+,46-/m1/s1. The minimum absolute atomic E-state index is 0.0142. The predicted molar refractivity (Wildman–Crippen MR) is 209 cm³/mol. The van der Waals surface area contributed by atoms with Crippen molar-refractivity contribution in [1.82, 2.24) is 0 Å². The van der Waals surface area contributed by atoms with E-state index in [9.17, 15) is 4.79 Å². The third kappa shape index (κ3) is 11.6. The molecule has 0 bridgehead atoms. The topological polar surface area (TPSA) is 35.5 Å². The lowest BCUT2D eigenvalue weighted by Gasteiger charge is -2.58. The van der Waals surface area contributed by atoms with Gasteiger partial charge in [0.25, 0.3) is 0 Å². The van der Waals surface area contributed by atoms with Crippen molar-refractivity contribution in [3.05, 3.63) is 23.8 Å². The Kier molecular flexibility index (Phi) is 17.1. The first-order valence-corrected chi connectivity index (χ1v) is 21.9. The molecule has 3 nitrogen and oxygen atoms in total. The number of hydrogen-bond acceptors (Lipinski definition) is 3. The molecule has 0 aromatic carbocycles. The smallest absolute Gasteiger partial charge is 0.434 e. The van der Waals surface area contributed by atoms with Crippen LogP contribution in [0, 0.1) is 46.3 Å². The zero-order valence-electron chi connectivity index (χ0n) is 33.4. The summed E-state index contributed by atoms with van der Waals surface area (Å²) < 4.78 is 11.5. The van der Waals surface area contributed by atoms with Gasteiger partial charge in [0, 0.05) is 6.42 Å². The molecule has 0 saturated heterocycles. The first-order valence-electron chi connectivity index (χ1n) is 21.9. The molecule has 4 unspecified atom stereocenters. The first kappa shape index (κ1) is 40.5. The number of carbonyl (C=O) groups is 1. The molecule has 0 aliphatic heterocycles. The van der Waals surface area contributed by atoms with E-state index in [1.54, 1.807) is 5.57 Å². The van der Waals surface area contributed by atoms with Crippen LogP contribution in [-0.4, -0.2) is 18.9 Å². The van der Waals surface area contributed by atoms with Gasteiger partial charge in [0.1, 0.15) is 6.10 Å². The predicted octanol–water partition coefficient (Wildman–Crippen LogP) is 14.6. The molecule has 3 saturated carbocycles. The zero-order valence-corrected chi connectivity index (χ0v) is 33.4. The molecule has 0 amide bonds. The van der Waals surface area contributed by atoms with Crippen LogP contribution >= 0.6 is 0 Å². The van der Waals surface area contributed by atoms with Crippen LogP contribution in [0.3, 0.4) is 0 Å². The van der Waals surface area contributed by atoms with Crippen molar-refractivity contribution in [3.8, 4) is 0 Å². The van der Waals surface area contributed by atoms with Gasteiger partial charge in [0.15, 0.2) is 0 Å². The second kappa shape index (κ2) is 20.7. The summed E-state index contributed by atoms with van der Waals surface area (Å²) in [4.78, 5) is 12.6. The van der Waals surface area contributed by atoms with Gasteiger partial charge in [-0.1, -0.05) is 142 Å². The van der Waals surface area contributed by atoms with E-state index in [1.165, 1.54) is 128 Å². The highest BCUT2D eigenvalue weighted by Crippen LogP contribution is 2.67. The number of ether oxygens (including phenoxy) is 2. The molecule has 0 spiro atoms. The summed E-state index contributed by atoms with van der Waals surface area (Å²) in [5, 5.41) is 0. The fourth-order valence-corrected chi connectivity index (χ4v) is 11.4. The van der Waals surface area contributed by atoms with Crippen molar-refractivity contribution in [3.63, 3.8) is 0 Å². The van der Waals surface area contributed by atoms with Crippen LogP contribution in [0.5, 0.6) is 0 Å². The van der Waals surface area contributed by atoms with Crippen LogP contribution in [0.25, 0.3) is 0 Å². The second-order valence-corrected chi connectivity index (χ2v) is 18.3. The zero-order chi connectivity index (χ0) is 35.1. The van der Waals surface area contributed by atoms with E-state index in [2.05, 4.69) is 59.8 Å². The van der Waals surface area contributed by atoms with Gasteiger partial charge >= 0.3 is 6.16 Å². The van der Waals surface area contributed by atoms with E-state index in [0.717, 1.165) is 67.6 Å². The van der Waals surface area contributed by atoms with E-state index in [4.69, 9.17) is 9.47 Å². The second-order valence-electron chi connectivity index (χ2n) is 18.3. The monoisotopic (exact) mass is 681 g/mol.